The first-order chi connectivity index (χ1) is 12.8. The van der Waals surface area contributed by atoms with Gasteiger partial charge in [0.25, 0.3) is 5.91 Å². The van der Waals surface area contributed by atoms with E-state index in [1.807, 2.05) is 0 Å². The van der Waals surface area contributed by atoms with Crippen LogP contribution in [-0.4, -0.2) is 23.6 Å². The third-order valence-corrected chi connectivity index (χ3v) is 5.32. The number of ether oxygens (including phenoxy) is 2. The van der Waals surface area contributed by atoms with E-state index >= 15 is 0 Å². The van der Waals surface area contributed by atoms with Crippen LogP contribution in [0.1, 0.15) is 15.2 Å². The molecule has 3 aromatic rings. The van der Waals surface area contributed by atoms with Crippen LogP contribution in [0.4, 0.5) is 0 Å². The lowest BCUT2D eigenvalue weighted by Crippen LogP contribution is -2.14. The molecule has 140 valence electrons. The van der Waals surface area contributed by atoms with Gasteiger partial charge in [-0.2, -0.15) is 0 Å². The quantitative estimate of drug-likeness (QED) is 0.585. The lowest BCUT2D eigenvalue weighted by Gasteiger charge is -2.08. The average Bonchev–Trinajstić information content (AvgIpc) is 2.97. The molecule has 0 saturated heterocycles. The second-order valence-electron chi connectivity index (χ2n) is 5.49. The number of primary amides is 1. The minimum absolute atomic E-state index is 0.157. The molecule has 0 aliphatic heterocycles. The number of halogens is 2. The Bertz CT molecular complexity index is 1030. The Morgan fingerprint density at radius 2 is 1.89 bits per heavy atom. The summed E-state index contributed by atoms with van der Waals surface area (Å²) in [4.78, 5) is 22.6. The lowest BCUT2D eigenvalue weighted by atomic mass is 10.2. The van der Waals surface area contributed by atoms with Gasteiger partial charge in [-0.05, 0) is 30.3 Å². The van der Waals surface area contributed by atoms with E-state index < -0.39 is 18.5 Å². The molecule has 0 saturated carbocycles. The van der Waals surface area contributed by atoms with Gasteiger partial charge in [-0.25, -0.2) is 4.79 Å². The zero-order valence-corrected chi connectivity index (χ0v) is 16.0. The van der Waals surface area contributed by atoms with Gasteiger partial charge in [0.05, 0.1) is 0 Å². The summed E-state index contributed by atoms with van der Waals surface area (Å²) in [6.07, 6.45) is 0. The second kappa shape index (κ2) is 8.04. The highest BCUT2D eigenvalue weighted by molar-refractivity contribution is 7.21. The molecule has 6 nitrogen and oxygen atoms in total. The summed E-state index contributed by atoms with van der Waals surface area (Å²) >= 11 is 13.1. The van der Waals surface area contributed by atoms with Gasteiger partial charge in [0.2, 0.25) is 0 Å². The number of amides is 1. The molecule has 0 spiro atoms. The number of carbonyl (C=O) groups excluding carboxylic acids is 1. The molecule has 1 heterocycles. The van der Waals surface area contributed by atoms with Crippen LogP contribution in [0.25, 0.3) is 10.1 Å². The second-order valence-corrected chi connectivity index (χ2v) is 7.39. The Morgan fingerprint density at radius 1 is 1.11 bits per heavy atom. The lowest BCUT2D eigenvalue weighted by molar-refractivity contribution is -0.139. The Hall–Kier alpha value is -2.48. The van der Waals surface area contributed by atoms with Gasteiger partial charge in [0, 0.05) is 25.7 Å². The molecule has 3 rings (SSSR count). The van der Waals surface area contributed by atoms with Crippen LogP contribution in [0.15, 0.2) is 36.4 Å². The predicted octanol–water partition coefficient (Wildman–Crippen LogP) is 4.35. The molecule has 0 bridgehead atoms. The Morgan fingerprint density at radius 3 is 2.56 bits per heavy atom. The number of hydrogen-bond acceptors (Lipinski definition) is 5. The van der Waals surface area contributed by atoms with Crippen LogP contribution in [0.5, 0.6) is 11.5 Å². The number of carbonyl (C=O) groups is 2. The van der Waals surface area contributed by atoms with Crippen molar-refractivity contribution in [3.8, 4) is 11.5 Å². The topological polar surface area (TPSA) is 98.9 Å². The summed E-state index contributed by atoms with van der Waals surface area (Å²) in [7, 11) is 0. The molecule has 0 aliphatic carbocycles. The van der Waals surface area contributed by atoms with E-state index in [2.05, 4.69) is 0 Å². The fourth-order valence-electron chi connectivity index (χ4n) is 2.38. The van der Waals surface area contributed by atoms with E-state index in [1.54, 1.807) is 36.4 Å². The molecule has 1 amide bonds. The van der Waals surface area contributed by atoms with Crippen molar-refractivity contribution in [1.82, 2.24) is 0 Å². The van der Waals surface area contributed by atoms with Gasteiger partial charge in [-0.1, -0.05) is 29.3 Å². The first-order valence-electron chi connectivity index (χ1n) is 7.63. The molecule has 0 radical (unpaired) electrons. The van der Waals surface area contributed by atoms with Crippen molar-refractivity contribution < 1.29 is 24.2 Å². The number of aliphatic carboxylic acids is 1. The zero-order valence-electron chi connectivity index (χ0n) is 13.7. The number of rotatable bonds is 7. The minimum Gasteiger partial charge on any atom is -0.489 e. The molecule has 27 heavy (non-hydrogen) atoms. The van der Waals surface area contributed by atoms with Crippen LogP contribution in [0.2, 0.25) is 10.0 Å². The number of thiophene rings is 1. The maximum absolute atomic E-state index is 11.6. The maximum Gasteiger partial charge on any atom is 0.341 e. The minimum atomic E-state index is -1.15. The van der Waals surface area contributed by atoms with Crippen molar-refractivity contribution in [2.24, 2.45) is 5.73 Å². The van der Waals surface area contributed by atoms with Crippen molar-refractivity contribution in [1.29, 1.82) is 0 Å². The zero-order chi connectivity index (χ0) is 19.6. The average molecular weight is 426 g/mol. The Kier molecular flexibility index (Phi) is 5.74. The molecule has 9 heteroatoms. The fourth-order valence-corrected chi connectivity index (χ4v) is 3.87. The summed E-state index contributed by atoms with van der Waals surface area (Å²) in [6, 6.07) is 10.2. The standard InChI is InChI=1S/C18H13Cl2NO5S/c19-10-2-1-9(13(20)5-10)7-25-11-3-4-12-14(6-11)27-17(18(21)24)16(12)26-8-15(22)23/h1-6H,7-8H2,(H2,21,24)(H,22,23). The summed E-state index contributed by atoms with van der Waals surface area (Å²) in [6.45, 7) is -0.336. The van der Waals surface area contributed by atoms with Crippen molar-refractivity contribution in [3.05, 3.63) is 56.9 Å². The summed E-state index contributed by atoms with van der Waals surface area (Å²) in [5, 5.41) is 10.4. The molecule has 0 aliphatic rings. The first-order valence-corrected chi connectivity index (χ1v) is 9.20. The molecular formula is C18H13Cl2NO5S. The molecule has 1 aromatic heterocycles. The van der Waals surface area contributed by atoms with E-state index in [9.17, 15) is 9.59 Å². The van der Waals surface area contributed by atoms with Crippen molar-refractivity contribution >= 4 is 56.5 Å². The highest BCUT2D eigenvalue weighted by Crippen LogP contribution is 2.39. The van der Waals surface area contributed by atoms with Crippen LogP contribution in [0.3, 0.4) is 0 Å². The summed E-state index contributed by atoms with van der Waals surface area (Å²) < 4.78 is 11.7. The van der Waals surface area contributed by atoms with E-state index in [-0.39, 0.29) is 17.2 Å². The number of fused-ring (bicyclic) bond motifs is 1. The van der Waals surface area contributed by atoms with Crippen LogP contribution >= 0.6 is 34.5 Å². The van der Waals surface area contributed by atoms with Crippen molar-refractivity contribution in [2.75, 3.05) is 6.61 Å². The van der Waals surface area contributed by atoms with E-state index in [0.29, 0.717) is 25.9 Å². The van der Waals surface area contributed by atoms with Crippen LogP contribution < -0.4 is 15.2 Å². The molecule has 3 N–H and O–H groups in total. The van der Waals surface area contributed by atoms with E-state index in [4.69, 9.17) is 43.5 Å². The van der Waals surface area contributed by atoms with Crippen molar-refractivity contribution in [3.63, 3.8) is 0 Å². The van der Waals surface area contributed by atoms with Crippen LogP contribution in [-0.2, 0) is 11.4 Å². The summed E-state index contributed by atoms with van der Waals surface area (Å²) in [5.41, 5.74) is 6.15. The smallest absolute Gasteiger partial charge is 0.341 e. The third-order valence-electron chi connectivity index (χ3n) is 3.59. The SMILES string of the molecule is NC(=O)c1sc2cc(OCc3ccc(Cl)cc3Cl)ccc2c1OCC(=O)O. The van der Waals surface area contributed by atoms with Gasteiger partial charge in [-0.3, -0.25) is 4.79 Å². The van der Waals surface area contributed by atoms with Gasteiger partial charge in [0.15, 0.2) is 12.4 Å². The fraction of sp³-hybridized carbons (Fsp3) is 0.111. The number of benzene rings is 2. The van der Waals surface area contributed by atoms with E-state index in [0.717, 1.165) is 16.9 Å². The van der Waals surface area contributed by atoms with Crippen LogP contribution in [0, 0.1) is 0 Å². The van der Waals surface area contributed by atoms with Gasteiger partial charge < -0.3 is 20.3 Å². The van der Waals surface area contributed by atoms with Gasteiger partial charge >= 0.3 is 5.97 Å². The van der Waals surface area contributed by atoms with Gasteiger partial charge in [-0.15, -0.1) is 11.3 Å². The molecular weight excluding hydrogens is 413 g/mol. The highest BCUT2D eigenvalue weighted by Gasteiger charge is 2.19. The summed E-state index contributed by atoms with van der Waals surface area (Å²) in [5.74, 6) is -1.12. The number of nitrogens with two attached hydrogens (primary N) is 1. The number of carboxylic acid groups (broad SMARTS) is 1. The highest BCUT2D eigenvalue weighted by atomic mass is 35.5. The molecule has 0 unspecified atom stereocenters. The molecule has 0 atom stereocenters. The Labute approximate surface area is 168 Å². The first kappa shape index (κ1) is 19.3. The normalized spacial score (nSPS) is 10.7. The monoisotopic (exact) mass is 425 g/mol. The number of hydrogen-bond donors (Lipinski definition) is 2. The van der Waals surface area contributed by atoms with E-state index in [1.165, 1.54) is 0 Å². The Balaban J connectivity index is 1.86. The molecule has 2 aromatic carbocycles. The largest absolute Gasteiger partial charge is 0.489 e. The number of carboxylic acids is 1. The molecule has 0 fully saturated rings. The van der Waals surface area contributed by atoms with Crippen molar-refractivity contribution in [2.45, 2.75) is 6.61 Å². The third kappa shape index (κ3) is 4.44. The maximum atomic E-state index is 11.6. The van der Waals surface area contributed by atoms with Gasteiger partial charge in [0.1, 0.15) is 17.2 Å². The predicted molar refractivity (Wildman–Crippen MR) is 104 cm³/mol.